The highest BCUT2D eigenvalue weighted by Gasteiger charge is 2.48. The van der Waals surface area contributed by atoms with Crippen molar-refractivity contribution in [2.45, 2.75) is 24.4 Å². The first-order chi connectivity index (χ1) is 8.78. The van der Waals surface area contributed by atoms with Gasteiger partial charge in [-0.1, -0.05) is 0 Å². The molecule has 0 spiro atoms. The van der Waals surface area contributed by atoms with E-state index in [-0.39, 0.29) is 18.3 Å². The van der Waals surface area contributed by atoms with E-state index in [1.54, 1.807) is 7.11 Å². The molecule has 0 unspecified atom stereocenters. The summed E-state index contributed by atoms with van der Waals surface area (Å²) in [5, 5.41) is 9.63. The van der Waals surface area contributed by atoms with Gasteiger partial charge in [-0.05, 0) is 24.3 Å². The summed E-state index contributed by atoms with van der Waals surface area (Å²) >= 11 is 0. The van der Waals surface area contributed by atoms with Crippen molar-refractivity contribution in [3.05, 3.63) is 24.3 Å². The van der Waals surface area contributed by atoms with E-state index in [0.29, 0.717) is 13.2 Å². The third-order valence-corrected chi connectivity index (χ3v) is 3.33. The lowest BCUT2D eigenvalue weighted by molar-refractivity contribution is 0.00862. The Kier molecular flexibility index (Phi) is 3.11. The smallest absolute Gasteiger partial charge is 0.151 e. The number of benzene rings is 1. The topological polar surface area (TPSA) is 57.2 Å². The van der Waals surface area contributed by atoms with Crippen molar-refractivity contribution in [1.29, 1.82) is 0 Å². The van der Waals surface area contributed by atoms with Crippen molar-refractivity contribution in [3.63, 3.8) is 0 Å². The Labute approximate surface area is 105 Å². The Balaban J connectivity index is 1.66. The van der Waals surface area contributed by atoms with Crippen LogP contribution < -0.4 is 9.47 Å². The van der Waals surface area contributed by atoms with Crippen LogP contribution in [0.25, 0.3) is 0 Å². The number of hydrogen-bond donors (Lipinski definition) is 1. The van der Waals surface area contributed by atoms with Crippen LogP contribution in [0.3, 0.4) is 0 Å². The maximum absolute atomic E-state index is 9.63. The Bertz CT molecular complexity index is 404. The first-order valence-corrected chi connectivity index (χ1v) is 6.00. The van der Waals surface area contributed by atoms with Gasteiger partial charge in [0.2, 0.25) is 0 Å². The summed E-state index contributed by atoms with van der Waals surface area (Å²) in [5.74, 6) is 1.53. The fourth-order valence-electron chi connectivity index (χ4n) is 2.37. The molecule has 4 atom stereocenters. The molecule has 2 saturated heterocycles. The van der Waals surface area contributed by atoms with Gasteiger partial charge < -0.3 is 24.1 Å². The van der Waals surface area contributed by atoms with Gasteiger partial charge in [0.15, 0.2) is 6.10 Å². The zero-order valence-electron chi connectivity index (χ0n) is 10.1. The summed E-state index contributed by atoms with van der Waals surface area (Å²) in [6.45, 7) is 0.760. The van der Waals surface area contributed by atoms with Crippen LogP contribution in [0.4, 0.5) is 0 Å². The number of fused-ring (bicyclic) bond motifs is 1. The molecule has 5 heteroatoms. The lowest BCUT2D eigenvalue weighted by Gasteiger charge is -2.17. The van der Waals surface area contributed by atoms with Crippen LogP contribution in [0.5, 0.6) is 11.5 Å². The molecule has 5 nitrogen and oxygen atoms in total. The molecular weight excluding hydrogens is 236 g/mol. The predicted molar refractivity (Wildman–Crippen MR) is 62.9 cm³/mol. The summed E-state index contributed by atoms with van der Waals surface area (Å²) in [7, 11) is 1.62. The summed E-state index contributed by atoms with van der Waals surface area (Å²) in [6, 6.07) is 7.37. The van der Waals surface area contributed by atoms with Crippen LogP contribution in [0.2, 0.25) is 0 Å². The number of aliphatic hydroxyl groups excluding tert-OH is 1. The van der Waals surface area contributed by atoms with Crippen LogP contribution in [0, 0.1) is 0 Å². The molecule has 3 rings (SSSR count). The number of methoxy groups -OCH3 is 1. The molecule has 2 fully saturated rings. The minimum absolute atomic E-state index is 0.166. The van der Waals surface area contributed by atoms with Crippen LogP contribution in [0.1, 0.15) is 0 Å². The second-order valence-electron chi connectivity index (χ2n) is 4.50. The number of aliphatic hydroxyl groups is 1. The van der Waals surface area contributed by atoms with E-state index >= 15 is 0 Å². The molecule has 0 amide bonds. The molecule has 0 saturated carbocycles. The van der Waals surface area contributed by atoms with Gasteiger partial charge in [-0.2, -0.15) is 0 Å². The van der Waals surface area contributed by atoms with E-state index in [0.717, 1.165) is 11.5 Å². The molecular formula is C13H16O5. The number of ether oxygens (including phenoxy) is 4. The Morgan fingerprint density at radius 1 is 1.06 bits per heavy atom. The monoisotopic (exact) mass is 252 g/mol. The normalized spacial score (nSPS) is 34.3. The third-order valence-electron chi connectivity index (χ3n) is 3.33. The highest BCUT2D eigenvalue weighted by molar-refractivity contribution is 5.31. The second kappa shape index (κ2) is 4.76. The Morgan fingerprint density at radius 3 is 2.44 bits per heavy atom. The Hall–Kier alpha value is -1.30. The fourth-order valence-corrected chi connectivity index (χ4v) is 2.37. The third kappa shape index (κ3) is 2.05. The highest BCUT2D eigenvalue weighted by Crippen LogP contribution is 2.30. The predicted octanol–water partition coefficient (Wildman–Crippen LogP) is 0.601. The van der Waals surface area contributed by atoms with E-state index in [9.17, 15) is 5.11 Å². The quantitative estimate of drug-likeness (QED) is 0.853. The Morgan fingerprint density at radius 2 is 1.72 bits per heavy atom. The van der Waals surface area contributed by atoms with E-state index in [2.05, 4.69) is 0 Å². The van der Waals surface area contributed by atoms with Gasteiger partial charge in [-0.25, -0.2) is 0 Å². The van der Waals surface area contributed by atoms with Gasteiger partial charge in [0.1, 0.15) is 29.8 Å². The van der Waals surface area contributed by atoms with Gasteiger partial charge in [-0.3, -0.25) is 0 Å². The van der Waals surface area contributed by atoms with Crippen LogP contribution in [-0.2, 0) is 9.47 Å². The molecule has 0 bridgehead atoms. The lowest BCUT2D eigenvalue weighted by Crippen LogP contribution is -2.34. The minimum atomic E-state index is -0.542. The minimum Gasteiger partial charge on any atom is -0.497 e. The molecule has 0 aliphatic carbocycles. The zero-order valence-corrected chi connectivity index (χ0v) is 10.1. The van der Waals surface area contributed by atoms with E-state index in [1.807, 2.05) is 24.3 Å². The first kappa shape index (κ1) is 11.8. The average Bonchev–Trinajstić information content (AvgIpc) is 2.95. The van der Waals surface area contributed by atoms with E-state index in [1.165, 1.54) is 0 Å². The van der Waals surface area contributed by atoms with Crippen molar-refractivity contribution < 1.29 is 24.1 Å². The fraction of sp³-hybridized carbons (Fsp3) is 0.538. The van der Waals surface area contributed by atoms with Gasteiger partial charge in [0.25, 0.3) is 0 Å². The maximum Gasteiger partial charge on any atom is 0.151 e. The molecule has 2 aliphatic heterocycles. The van der Waals surface area contributed by atoms with Crippen LogP contribution in [0.15, 0.2) is 24.3 Å². The molecule has 1 aromatic carbocycles. The van der Waals surface area contributed by atoms with Gasteiger partial charge >= 0.3 is 0 Å². The molecule has 18 heavy (non-hydrogen) atoms. The van der Waals surface area contributed by atoms with Gasteiger partial charge in [0, 0.05) is 0 Å². The SMILES string of the molecule is COc1ccc(O[C@@H]2CO[C@H]3[C@@H]2OC[C@H]3O)cc1. The summed E-state index contributed by atoms with van der Waals surface area (Å²) < 4.78 is 21.9. The van der Waals surface area contributed by atoms with E-state index in [4.69, 9.17) is 18.9 Å². The van der Waals surface area contributed by atoms with Crippen molar-refractivity contribution in [2.24, 2.45) is 0 Å². The number of rotatable bonds is 3. The average molecular weight is 252 g/mol. The molecule has 0 radical (unpaired) electrons. The molecule has 98 valence electrons. The van der Waals surface area contributed by atoms with Gasteiger partial charge in [-0.15, -0.1) is 0 Å². The molecule has 2 heterocycles. The molecule has 1 aromatic rings. The van der Waals surface area contributed by atoms with Crippen LogP contribution >= 0.6 is 0 Å². The summed E-state index contributed by atoms with van der Waals surface area (Å²) in [4.78, 5) is 0. The molecule has 2 aliphatic rings. The van der Waals surface area contributed by atoms with Crippen molar-refractivity contribution in [1.82, 2.24) is 0 Å². The van der Waals surface area contributed by atoms with Crippen molar-refractivity contribution in [2.75, 3.05) is 20.3 Å². The molecule has 1 N–H and O–H groups in total. The largest absolute Gasteiger partial charge is 0.497 e. The van der Waals surface area contributed by atoms with Crippen LogP contribution in [-0.4, -0.2) is 49.8 Å². The maximum atomic E-state index is 9.63. The van der Waals surface area contributed by atoms with E-state index < -0.39 is 6.10 Å². The van der Waals surface area contributed by atoms with Gasteiger partial charge in [0.05, 0.1) is 20.3 Å². The van der Waals surface area contributed by atoms with Crippen molar-refractivity contribution >= 4 is 0 Å². The standard InChI is InChI=1S/C13H16O5/c1-15-8-2-4-9(5-3-8)18-11-7-17-12-10(14)6-16-13(11)12/h2-5,10-14H,6-7H2,1H3/t10-,11-,12-,13-/m1/s1. The van der Waals surface area contributed by atoms with Crippen molar-refractivity contribution in [3.8, 4) is 11.5 Å². The first-order valence-electron chi connectivity index (χ1n) is 6.00. The lowest BCUT2D eigenvalue weighted by atomic mass is 10.1. The zero-order chi connectivity index (χ0) is 12.5. The highest BCUT2D eigenvalue weighted by atomic mass is 16.6. The number of hydrogen-bond acceptors (Lipinski definition) is 5. The summed E-state index contributed by atoms with van der Waals surface area (Å²) in [6.07, 6.45) is -1.14. The second-order valence-corrected chi connectivity index (χ2v) is 4.50. The molecule has 0 aromatic heterocycles. The summed E-state index contributed by atoms with van der Waals surface area (Å²) in [5.41, 5.74) is 0.